The number of benzene rings is 1. The molecule has 2 heterocycles. The highest BCUT2D eigenvalue weighted by Gasteiger charge is 2.62. The first-order valence-corrected chi connectivity index (χ1v) is 10.8. The van der Waals surface area contributed by atoms with Gasteiger partial charge in [-0.3, -0.25) is 0 Å². The highest BCUT2D eigenvalue weighted by atomic mass is 35.5. The molecule has 2 bridgehead atoms. The number of nitrogens with one attached hydrogen (secondary N) is 2. The van der Waals surface area contributed by atoms with Crippen molar-refractivity contribution in [1.82, 2.24) is 9.55 Å². The fraction of sp³-hybridized carbons (Fsp3) is 0.391. The van der Waals surface area contributed by atoms with Crippen molar-refractivity contribution in [3.8, 4) is 0 Å². The Morgan fingerprint density at radius 3 is 2.68 bits per heavy atom. The summed E-state index contributed by atoms with van der Waals surface area (Å²) in [6.45, 7) is 3.90. The van der Waals surface area contributed by atoms with Crippen molar-refractivity contribution in [2.24, 2.45) is 13.0 Å². The number of nitrogens with zero attached hydrogens (tertiary/aromatic N) is 2. The number of carboxylic acid groups (broad SMARTS) is 1. The number of aromatic carboxylic acids is 1. The lowest BCUT2D eigenvalue weighted by Gasteiger charge is -2.58. The number of aromatic nitrogens is 3. The minimum absolute atomic E-state index is 0.00925. The molecule has 1 aromatic carbocycles. The second-order valence-electron chi connectivity index (χ2n) is 9.07. The molecule has 3 aliphatic rings. The van der Waals surface area contributed by atoms with E-state index in [1.807, 2.05) is 33.0 Å². The molecule has 0 spiro atoms. The van der Waals surface area contributed by atoms with E-state index in [0.29, 0.717) is 11.1 Å². The van der Waals surface area contributed by atoms with Crippen molar-refractivity contribution in [3.63, 3.8) is 0 Å². The second-order valence-corrected chi connectivity index (χ2v) is 9.46. The number of carboxylic acids is 1. The van der Waals surface area contributed by atoms with Crippen LogP contribution in [0, 0.1) is 12.8 Å². The predicted octanol–water partition coefficient (Wildman–Crippen LogP) is 3.63. The molecule has 160 valence electrons. The first-order chi connectivity index (χ1) is 14.7. The number of fused-ring (bicyclic) bond motifs is 1. The summed E-state index contributed by atoms with van der Waals surface area (Å²) in [4.78, 5) is 32.4. The minimum Gasteiger partial charge on any atom is -0.476 e. The number of anilines is 1. The Balaban J connectivity index is 1.63. The van der Waals surface area contributed by atoms with Gasteiger partial charge in [-0.05, 0) is 68.9 Å². The van der Waals surface area contributed by atoms with Gasteiger partial charge in [0, 0.05) is 5.56 Å². The van der Waals surface area contributed by atoms with E-state index < -0.39 is 5.97 Å². The van der Waals surface area contributed by atoms with E-state index in [2.05, 4.69) is 15.3 Å². The topological polar surface area (TPSA) is 98.4 Å². The molecule has 0 unspecified atom stereocenters. The Bertz CT molecular complexity index is 1300. The average Bonchev–Trinajstić information content (AvgIpc) is 2.64. The van der Waals surface area contributed by atoms with Gasteiger partial charge in [0.15, 0.2) is 5.69 Å². The van der Waals surface area contributed by atoms with Crippen molar-refractivity contribution in [3.05, 3.63) is 62.4 Å². The van der Waals surface area contributed by atoms with Crippen LogP contribution in [0.2, 0.25) is 5.15 Å². The lowest BCUT2D eigenvalue weighted by atomic mass is 9.44. The van der Waals surface area contributed by atoms with Gasteiger partial charge >= 0.3 is 11.5 Å². The van der Waals surface area contributed by atoms with E-state index in [1.165, 1.54) is 0 Å². The molecule has 0 aliphatic heterocycles. The van der Waals surface area contributed by atoms with Gasteiger partial charge in [0.1, 0.15) is 16.1 Å². The number of carbonyl (C=O) groups is 1. The van der Waals surface area contributed by atoms with E-state index in [0.717, 1.165) is 47.6 Å². The van der Waals surface area contributed by atoms with Gasteiger partial charge in [-0.15, -0.1) is 0 Å². The fourth-order valence-corrected chi connectivity index (χ4v) is 5.38. The van der Waals surface area contributed by atoms with Crippen LogP contribution >= 0.6 is 11.6 Å². The number of hydrogen-bond donors (Lipinski definition) is 2. The summed E-state index contributed by atoms with van der Waals surface area (Å²) >= 11 is 5.88. The van der Waals surface area contributed by atoms with E-state index >= 15 is 0 Å². The van der Waals surface area contributed by atoms with Crippen molar-refractivity contribution in [2.75, 3.05) is 5.32 Å². The van der Waals surface area contributed by atoms with Crippen molar-refractivity contribution >= 4 is 34.2 Å². The largest absolute Gasteiger partial charge is 0.476 e. The average molecular weight is 440 g/mol. The van der Waals surface area contributed by atoms with Crippen molar-refractivity contribution < 1.29 is 14.9 Å². The first kappa shape index (κ1) is 20.0. The SMILES string of the molecule is Cc1cc([C@@H](C)Nc2ccc(Cl)nc2C(=O)O)c2[nH+]c(C34CC(C3)C4)n(C)c(=O)c2c1. The Hall–Kier alpha value is -2.93. The summed E-state index contributed by atoms with van der Waals surface area (Å²) in [7, 11) is 1.84. The lowest BCUT2D eigenvalue weighted by molar-refractivity contribution is -0.390. The zero-order valence-corrected chi connectivity index (χ0v) is 18.4. The number of halogens is 1. The normalized spacial score (nSPS) is 22.5. The Morgan fingerprint density at radius 1 is 1.35 bits per heavy atom. The van der Waals surface area contributed by atoms with Crippen LogP contribution < -0.4 is 15.9 Å². The smallest absolute Gasteiger partial charge is 0.356 e. The molecule has 6 rings (SSSR count). The molecule has 3 N–H and O–H groups in total. The summed E-state index contributed by atoms with van der Waals surface area (Å²) < 4.78 is 1.77. The molecule has 0 amide bonds. The third kappa shape index (κ3) is 3.02. The fourth-order valence-electron chi connectivity index (χ4n) is 5.23. The molecule has 1 atom stereocenters. The van der Waals surface area contributed by atoms with Crippen LogP contribution in [0.5, 0.6) is 0 Å². The molecule has 3 aromatic rings. The van der Waals surface area contributed by atoms with Gasteiger partial charge in [0.25, 0.3) is 5.82 Å². The minimum atomic E-state index is -1.15. The summed E-state index contributed by atoms with van der Waals surface area (Å²) in [5.41, 5.74) is 3.01. The van der Waals surface area contributed by atoms with Crippen LogP contribution in [-0.2, 0) is 12.5 Å². The summed E-state index contributed by atoms with van der Waals surface area (Å²) in [5, 5.41) is 13.5. The number of hydrogen-bond acceptors (Lipinski definition) is 4. The van der Waals surface area contributed by atoms with Gasteiger partial charge < -0.3 is 10.4 Å². The maximum atomic E-state index is 13.2. The van der Waals surface area contributed by atoms with Crippen LogP contribution in [0.4, 0.5) is 5.69 Å². The molecule has 3 fully saturated rings. The lowest BCUT2D eigenvalue weighted by Crippen LogP contribution is -2.60. The highest BCUT2D eigenvalue weighted by molar-refractivity contribution is 6.29. The quantitative estimate of drug-likeness (QED) is 0.591. The molecule has 8 heteroatoms. The van der Waals surface area contributed by atoms with E-state index in [-0.39, 0.29) is 27.9 Å². The monoisotopic (exact) mass is 439 g/mol. The summed E-state index contributed by atoms with van der Waals surface area (Å²) in [5.74, 6) is 0.631. The molecule has 31 heavy (non-hydrogen) atoms. The summed E-state index contributed by atoms with van der Waals surface area (Å²) in [6.07, 6.45) is 3.40. The molecule has 3 saturated carbocycles. The van der Waals surface area contributed by atoms with E-state index in [4.69, 9.17) is 11.6 Å². The number of rotatable bonds is 5. The zero-order chi connectivity index (χ0) is 22.1. The maximum Gasteiger partial charge on any atom is 0.356 e. The number of pyridine rings is 1. The van der Waals surface area contributed by atoms with Gasteiger partial charge in [-0.2, -0.15) is 4.57 Å². The summed E-state index contributed by atoms with van der Waals surface area (Å²) in [6, 6.07) is 6.84. The van der Waals surface area contributed by atoms with Crippen LogP contribution in [0.15, 0.2) is 29.1 Å². The van der Waals surface area contributed by atoms with Crippen LogP contribution in [0.1, 0.15) is 59.7 Å². The van der Waals surface area contributed by atoms with Gasteiger partial charge in [0.2, 0.25) is 0 Å². The first-order valence-electron chi connectivity index (χ1n) is 10.4. The van der Waals surface area contributed by atoms with Gasteiger partial charge in [-0.1, -0.05) is 11.6 Å². The number of aromatic amines is 1. The van der Waals surface area contributed by atoms with Crippen molar-refractivity contribution in [1.29, 1.82) is 0 Å². The van der Waals surface area contributed by atoms with Gasteiger partial charge in [0.05, 0.1) is 24.2 Å². The Labute approximate surface area is 184 Å². The Morgan fingerprint density at radius 2 is 2.06 bits per heavy atom. The molecule has 2 aromatic heterocycles. The molecule has 3 aliphatic carbocycles. The molecule has 7 nitrogen and oxygen atoms in total. The van der Waals surface area contributed by atoms with E-state index in [1.54, 1.807) is 16.7 Å². The molecular weight excluding hydrogens is 416 g/mol. The van der Waals surface area contributed by atoms with Crippen LogP contribution in [0.3, 0.4) is 0 Å². The molecule has 0 radical (unpaired) electrons. The predicted molar refractivity (Wildman–Crippen MR) is 118 cm³/mol. The van der Waals surface area contributed by atoms with Crippen LogP contribution in [0.25, 0.3) is 10.9 Å². The molecular formula is C23H24ClN4O3+. The third-order valence-electron chi connectivity index (χ3n) is 6.87. The van der Waals surface area contributed by atoms with E-state index in [9.17, 15) is 14.7 Å². The van der Waals surface area contributed by atoms with Crippen LogP contribution in [-0.4, -0.2) is 20.6 Å². The molecule has 0 saturated heterocycles. The van der Waals surface area contributed by atoms with Crippen molar-refractivity contribution in [2.45, 2.75) is 44.6 Å². The Kier molecular flexibility index (Phi) is 4.38. The zero-order valence-electron chi connectivity index (χ0n) is 17.6. The van der Waals surface area contributed by atoms with Gasteiger partial charge in [-0.25, -0.2) is 19.6 Å². The second kappa shape index (κ2) is 6.79. The number of aryl methyl sites for hydroxylation is 1. The number of H-pyrrole nitrogens is 1. The third-order valence-corrected chi connectivity index (χ3v) is 7.08. The highest BCUT2D eigenvalue weighted by Crippen LogP contribution is 2.64. The maximum absolute atomic E-state index is 13.2. The standard InChI is InChI=1S/C23H23ClN4O3/c1-11-6-14(12(2)25-16-4-5-17(24)26-19(16)21(30)31)18-15(7-11)20(29)28(3)22(27-18)23-8-13(9-23)10-23/h4-7,12-13,25H,8-10H2,1-3H3,(H,30,31)/p+1/t12-,13?,23?/m1/s1.